The molecule has 1 heterocycles. The van der Waals surface area contributed by atoms with Crippen molar-refractivity contribution in [3.63, 3.8) is 0 Å². The number of thioether (sulfide) groups is 1. The van der Waals surface area contributed by atoms with Gasteiger partial charge in [-0.3, -0.25) is 9.59 Å². The molecule has 0 radical (unpaired) electrons. The highest BCUT2D eigenvalue weighted by atomic mass is 35.5. The van der Waals surface area contributed by atoms with Crippen molar-refractivity contribution in [2.45, 2.75) is 37.0 Å². The van der Waals surface area contributed by atoms with Crippen molar-refractivity contribution in [2.24, 2.45) is 0 Å². The van der Waals surface area contributed by atoms with Crippen LogP contribution in [0, 0.1) is 0 Å². The monoisotopic (exact) mass is 541 g/mol. The Hall–Kier alpha value is -3.74. The van der Waals surface area contributed by atoms with Crippen LogP contribution < -0.4 is 10.6 Å². The van der Waals surface area contributed by atoms with Crippen LogP contribution in [0.25, 0.3) is 21.8 Å². The number of hydrogen-bond acceptors (Lipinski definition) is 3. The molecule has 5 rings (SSSR count). The van der Waals surface area contributed by atoms with Crippen LogP contribution >= 0.6 is 23.4 Å². The van der Waals surface area contributed by atoms with Crippen molar-refractivity contribution < 1.29 is 9.59 Å². The maximum atomic E-state index is 13.1. The van der Waals surface area contributed by atoms with Crippen molar-refractivity contribution in [1.82, 2.24) is 4.57 Å². The first kappa shape index (κ1) is 25.9. The smallest absolute Gasteiger partial charge is 0.237 e. The van der Waals surface area contributed by atoms with Crippen LogP contribution in [-0.4, -0.2) is 21.6 Å². The number of benzene rings is 4. The minimum absolute atomic E-state index is 0.0780. The number of hydrogen-bond donors (Lipinski definition) is 2. The van der Waals surface area contributed by atoms with Gasteiger partial charge < -0.3 is 15.2 Å². The molecule has 0 bridgehead atoms. The third kappa shape index (κ3) is 5.72. The Labute approximate surface area is 231 Å². The highest BCUT2D eigenvalue weighted by Gasteiger charge is 2.17. The summed E-state index contributed by atoms with van der Waals surface area (Å²) in [6.07, 6.45) is 0.259. The van der Waals surface area contributed by atoms with Crippen molar-refractivity contribution in [3.8, 4) is 0 Å². The maximum Gasteiger partial charge on any atom is 0.237 e. The van der Waals surface area contributed by atoms with Gasteiger partial charge in [0.25, 0.3) is 0 Å². The van der Waals surface area contributed by atoms with E-state index in [0.717, 1.165) is 33.6 Å². The lowest BCUT2D eigenvalue weighted by atomic mass is 10.1. The van der Waals surface area contributed by atoms with Crippen molar-refractivity contribution in [1.29, 1.82) is 0 Å². The van der Waals surface area contributed by atoms with E-state index in [1.165, 1.54) is 22.7 Å². The van der Waals surface area contributed by atoms with Crippen LogP contribution in [0.4, 0.5) is 11.4 Å². The number of carbonyl (C=O) groups excluding carboxylic acids is 2. The van der Waals surface area contributed by atoms with Gasteiger partial charge in [0.2, 0.25) is 11.8 Å². The molecule has 0 spiro atoms. The zero-order valence-corrected chi connectivity index (χ0v) is 22.8. The van der Waals surface area contributed by atoms with Crippen molar-refractivity contribution in [3.05, 3.63) is 102 Å². The van der Waals surface area contributed by atoms with Gasteiger partial charge in [0, 0.05) is 49.6 Å². The second-order valence-electron chi connectivity index (χ2n) is 9.12. The lowest BCUT2D eigenvalue weighted by Gasteiger charge is -2.13. The molecular formula is C31H28ClN3O2S. The Bertz CT molecular complexity index is 1630. The number of nitrogens with zero attached hydrogens (tertiary/aromatic N) is 1. The molecule has 1 aromatic heterocycles. The molecule has 0 fully saturated rings. The van der Waals surface area contributed by atoms with E-state index in [-0.39, 0.29) is 23.5 Å². The molecule has 38 heavy (non-hydrogen) atoms. The van der Waals surface area contributed by atoms with E-state index in [4.69, 9.17) is 11.6 Å². The number of fused-ring (bicyclic) bond motifs is 3. The summed E-state index contributed by atoms with van der Waals surface area (Å²) in [4.78, 5) is 26.4. The third-order valence-electron chi connectivity index (χ3n) is 6.43. The van der Waals surface area contributed by atoms with Crippen molar-refractivity contribution >= 4 is 68.4 Å². The van der Waals surface area contributed by atoms with Gasteiger partial charge >= 0.3 is 0 Å². The number of carbonyl (C=O) groups is 2. The van der Waals surface area contributed by atoms with E-state index in [0.29, 0.717) is 10.7 Å². The van der Waals surface area contributed by atoms with Crippen LogP contribution in [0.1, 0.15) is 19.4 Å². The van der Waals surface area contributed by atoms with Gasteiger partial charge in [-0.15, -0.1) is 11.8 Å². The maximum absolute atomic E-state index is 13.1. The molecule has 0 saturated heterocycles. The topological polar surface area (TPSA) is 63.1 Å². The Balaban J connectivity index is 1.24. The molecule has 0 aliphatic carbocycles. The van der Waals surface area contributed by atoms with Gasteiger partial charge in [0.1, 0.15) is 0 Å². The zero-order valence-electron chi connectivity index (χ0n) is 21.2. The fraction of sp³-hybridized carbons (Fsp3) is 0.161. The number of anilines is 2. The number of aryl methyl sites for hydroxylation is 1. The summed E-state index contributed by atoms with van der Waals surface area (Å²) < 4.78 is 2.29. The molecule has 1 unspecified atom stereocenters. The summed E-state index contributed by atoms with van der Waals surface area (Å²) in [5, 5.41) is 8.63. The SMILES string of the molecule is CCn1c2ccccc2c2cc(NC(=O)C(C)Sc3cccc(NC(=O)Cc4ccc(Cl)cc4)c3)ccc21. The Morgan fingerprint density at radius 3 is 2.37 bits per heavy atom. The molecular weight excluding hydrogens is 514 g/mol. The minimum atomic E-state index is -0.331. The standard InChI is InChI=1S/C31H28ClN3O2S/c1-3-35-28-10-5-4-9-26(28)27-19-24(15-16-29(27)35)34-31(37)20(2)38-25-8-6-7-23(18-25)33-30(36)17-21-11-13-22(32)14-12-21/h4-16,18-20H,3,17H2,1-2H3,(H,33,36)(H,34,37). The average Bonchev–Trinajstić information content (AvgIpc) is 3.23. The number of amides is 2. The van der Waals surface area contributed by atoms with E-state index < -0.39 is 0 Å². The molecule has 1 atom stereocenters. The quantitative estimate of drug-likeness (QED) is 0.197. The molecule has 2 N–H and O–H groups in total. The fourth-order valence-corrected chi connectivity index (χ4v) is 5.67. The summed E-state index contributed by atoms with van der Waals surface area (Å²) in [7, 11) is 0. The van der Waals surface area contributed by atoms with Crippen LogP contribution in [0.5, 0.6) is 0 Å². The van der Waals surface area contributed by atoms with Crippen LogP contribution in [-0.2, 0) is 22.6 Å². The van der Waals surface area contributed by atoms with Gasteiger partial charge in [-0.1, -0.05) is 48.0 Å². The highest BCUT2D eigenvalue weighted by molar-refractivity contribution is 8.00. The van der Waals surface area contributed by atoms with Crippen LogP contribution in [0.2, 0.25) is 5.02 Å². The number of halogens is 1. The van der Waals surface area contributed by atoms with Gasteiger partial charge in [-0.25, -0.2) is 0 Å². The van der Waals surface area contributed by atoms with Crippen molar-refractivity contribution in [2.75, 3.05) is 10.6 Å². The molecule has 2 amide bonds. The molecule has 0 aliphatic heterocycles. The molecule has 5 aromatic rings. The summed E-state index contributed by atoms with van der Waals surface area (Å²) in [6.45, 7) is 4.90. The number of nitrogens with one attached hydrogen (secondary N) is 2. The van der Waals surface area contributed by atoms with Gasteiger partial charge in [0.05, 0.1) is 11.7 Å². The lowest BCUT2D eigenvalue weighted by Crippen LogP contribution is -2.22. The first-order valence-corrected chi connectivity index (χ1v) is 13.8. The second-order valence-corrected chi connectivity index (χ2v) is 11.0. The number of aromatic nitrogens is 1. The Kier molecular flexibility index (Phi) is 7.72. The molecule has 0 aliphatic rings. The largest absolute Gasteiger partial charge is 0.341 e. The summed E-state index contributed by atoms with van der Waals surface area (Å²) in [6, 6.07) is 29.2. The van der Waals surface area contributed by atoms with E-state index in [1.54, 1.807) is 12.1 Å². The second kappa shape index (κ2) is 11.3. The van der Waals surface area contributed by atoms with E-state index in [9.17, 15) is 9.59 Å². The van der Waals surface area contributed by atoms with E-state index in [1.807, 2.05) is 55.5 Å². The fourth-order valence-electron chi connectivity index (χ4n) is 4.61. The lowest BCUT2D eigenvalue weighted by molar-refractivity contribution is -0.116. The average molecular weight is 542 g/mol. The first-order valence-electron chi connectivity index (χ1n) is 12.5. The normalized spacial score (nSPS) is 12.0. The minimum Gasteiger partial charge on any atom is -0.341 e. The van der Waals surface area contributed by atoms with Gasteiger partial charge in [-0.2, -0.15) is 0 Å². The van der Waals surface area contributed by atoms with Gasteiger partial charge in [0.15, 0.2) is 0 Å². The Morgan fingerprint density at radius 1 is 0.842 bits per heavy atom. The summed E-state index contributed by atoms with van der Waals surface area (Å²) >= 11 is 7.37. The van der Waals surface area contributed by atoms with Gasteiger partial charge in [-0.05, 0) is 74.0 Å². The summed E-state index contributed by atoms with van der Waals surface area (Å²) in [5.41, 5.74) is 4.71. The highest BCUT2D eigenvalue weighted by Crippen LogP contribution is 2.32. The molecule has 192 valence electrons. The van der Waals surface area contributed by atoms with Crippen LogP contribution in [0.3, 0.4) is 0 Å². The number of para-hydroxylation sites is 1. The predicted octanol–water partition coefficient (Wildman–Crippen LogP) is 7.77. The van der Waals surface area contributed by atoms with Crippen LogP contribution in [0.15, 0.2) is 95.9 Å². The molecule has 4 aromatic carbocycles. The molecule has 7 heteroatoms. The number of rotatable bonds is 8. The molecule has 5 nitrogen and oxygen atoms in total. The third-order valence-corrected chi connectivity index (χ3v) is 7.78. The Morgan fingerprint density at radius 2 is 1.58 bits per heavy atom. The van der Waals surface area contributed by atoms with E-state index >= 15 is 0 Å². The molecule has 0 saturated carbocycles. The zero-order chi connectivity index (χ0) is 26.6. The van der Waals surface area contributed by atoms with E-state index in [2.05, 4.69) is 52.5 Å². The summed E-state index contributed by atoms with van der Waals surface area (Å²) in [5.74, 6) is -0.189. The first-order chi connectivity index (χ1) is 18.4. The predicted molar refractivity (Wildman–Crippen MR) is 159 cm³/mol.